The fourth-order valence-electron chi connectivity index (χ4n) is 4.50. The average Bonchev–Trinajstić information content (AvgIpc) is 2.81. The second-order valence-corrected chi connectivity index (χ2v) is 8.55. The van der Waals surface area contributed by atoms with Crippen molar-refractivity contribution < 1.29 is 9.90 Å². The van der Waals surface area contributed by atoms with Crippen molar-refractivity contribution in [2.24, 2.45) is 5.92 Å². The molecule has 0 bridgehead atoms. The van der Waals surface area contributed by atoms with Crippen LogP contribution >= 0.6 is 0 Å². The molecule has 31 heavy (non-hydrogen) atoms. The van der Waals surface area contributed by atoms with Crippen LogP contribution < -0.4 is 4.90 Å². The number of piperidine rings is 1. The van der Waals surface area contributed by atoms with E-state index in [1.54, 1.807) is 0 Å². The third-order valence-corrected chi connectivity index (χ3v) is 6.23. The SMILES string of the molecule is CN(C)c1ccc(C(c2ccc(-c3ccccc3)cc2)N2CCCC(C(=O)O)C2)cc1. The molecule has 0 aromatic heterocycles. The summed E-state index contributed by atoms with van der Waals surface area (Å²) in [5.74, 6) is -0.994. The van der Waals surface area contributed by atoms with Gasteiger partial charge in [-0.25, -0.2) is 0 Å². The summed E-state index contributed by atoms with van der Waals surface area (Å²) in [4.78, 5) is 16.1. The minimum atomic E-state index is -0.689. The van der Waals surface area contributed by atoms with Crippen molar-refractivity contribution in [2.45, 2.75) is 18.9 Å². The number of carboxylic acids is 1. The predicted octanol–water partition coefficient (Wildman–Crippen LogP) is 5.31. The van der Waals surface area contributed by atoms with Crippen LogP contribution in [-0.4, -0.2) is 43.2 Å². The van der Waals surface area contributed by atoms with Crippen LogP contribution in [0, 0.1) is 5.92 Å². The van der Waals surface area contributed by atoms with E-state index in [1.165, 1.54) is 22.3 Å². The fourth-order valence-corrected chi connectivity index (χ4v) is 4.50. The molecule has 0 amide bonds. The van der Waals surface area contributed by atoms with E-state index in [9.17, 15) is 9.90 Å². The van der Waals surface area contributed by atoms with Crippen molar-refractivity contribution in [2.75, 3.05) is 32.1 Å². The third kappa shape index (κ3) is 4.80. The smallest absolute Gasteiger partial charge is 0.307 e. The summed E-state index contributed by atoms with van der Waals surface area (Å²) in [6.45, 7) is 1.49. The molecule has 3 aromatic rings. The lowest BCUT2D eigenvalue weighted by Crippen LogP contribution is -2.41. The van der Waals surface area contributed by atoms with Gasteiger partial charge in [-0.3, -0.25) is 9.69 Å². The van der Waals surface area contributed by atoms with Gasteiger partial charge in [0.1, 0.15) is 0 Å². The molecule has 0 aliphatic carbocycles. The van der Waals surface area contributed by atoms with Crippen molar-refractivity contribution in [3.05, 3.63) is 90.0 Å². The normalized spacial score (nSPS) is 17.8. The molecule has 1 heterocycles. The van der Waals surface area contributed by atoms with Gasteiger partial charge in [-0.15, -0.1) is 0 Å². The lowest BCUT2D eigenvalue weighted by molar-refractivity contribution is -0.143. The number of aliphatic carboxylic acids is 1. The Hall–Kier alpha value is -3.11. The molecule has 3 aromatic carbocycles. The molecular weight excluding hydrogens is 384 g/mol. The van der Waals surface area contributed by atoms with Gasteiger partial charge in [0.15, 0.2) is 0 Å². The molecule has 1 N–H and O–H groups in total. The van der Waals surface area contributed by atoms with Crippen molar-refractivity contribution in [1.82, 2.24) is 4.90 Å². The quantitative estimate of drug-likeness (QED) is 0.594. The summed E-state index contributed by atoms with van der Waals surface area (Å²) in [6, 6.07) is 27.8. The topological polar surface area (TPSA) is 43.8 Å². The molecule has 1 aliphatic rings. The minimum Gasteiger partial charge on any atom is -0.481 e. The second kappa shape index (κ2) is 9.36. The number of benzene rings is 3. The first kappa shape index (κ1) is 21.1. The summed E-state index contributed by atoms with van der Waals surface area (Å²) in [5, 5.41) is 9.61. The Morgan fingerprint density at radius 2 is 1.48 bits per heavy atom. The lowest BCUT2D eigenvalue weighted by Gasteiger charge is -2.37. The van der Waals surface area contributed by atoms with Crippen LogP contribution in [0.4, 0.5) is 5.69 Å². The van der Waals surface area contributed by atoms with E-state index in [0.29, 0.717) is 6.54 Å². The number of anilines is 1. The van der Waals surface area contributed by atoms with Crippen LogP contribution in [0.1, 0.15) is 30.0 Å². The molecule has 0 radical (unpaired) electrons. The minimum absolute atomic E-state index is 0.0446. The summed E-state index contributed by atoms with van der Waals surface area (Å²) < 4.78 is 0. The maximum Gasteiger partial charge on any atom is 0.307 e. The maximum atomic E-state index is 11.7. The Bertz CT molecular complexity index is 998. The standard InChI is InChI=1S/C27H30N2O2/c1-28(2)25-16-14-23(15-17-25)26(29-18-6-9-24(19-29)27(30)31)22-12-10-21(11-13-22)20-7-4-3-5-8-20/h3-5,7-8,10-17,24,26H,6,9,18-19H2,1-2H3,(H,30,31). The first-order valence-electron chi connectivity index (χ1n) is 10.9. The van der Waals surface area contributed by atoms with Gasteiger partial charge in [-0.2, -0.15) is 0 Å². The van der Waals surface area contributed by atoms with Crippen LogP contribution in [0.2, 0.25) is 0 Å². The highest BCUT2D eigenvalue weighted by molar-refractivity contribution is 5.70. The molecule has 2 atom stereocenters. The number of carboxylic acid groups (broad SMARTS) is 1. The summed E-state index contributed by atoms with van der Waals surface area (Å²) in [7, 11) is 4.08. The van der Waals surface area contributed by atoms with E-state index >= 15 is 0 Å². The van der Waals surface area contributed by atoms with Gasteiger partial charge in [0.2, 0.25) is 0 Å². The van der Waals surface area contributed by atoms with E-state index in [-0.39, 0.29) is 12.0 Å². The molecule has 1 saturated heterocycles. The van der Waals surface area contributed by atoms with Gasteiger partial charge >= 0.3 is 5.97 Å². The third-order valence-electron chi connectivity index (χ3n) is 6.23. The molecular formula is C27H30N2O2. The van der Waals surface area contributed by atoms with E-state index < -0.39 is 5.97 Å². The van der Waals surface area contributed by atoms with Gasteiger partial charge < -0.3 is 10.0 Å². The highest BCUT2D eigenvalue weighted by Gasteiger charge is 2.31. The Morgan fingerprint density at radius 3 is 2.06 bits per heavy atom. The van der Waals surface area contributed by atoms with Crippen molar-refractivity contribution >= 4 is 11.7 Å². The Labute approximate surface area is 184 Å². The Balaban J connectivity index is 1.69. The van der Waals surface area contributed by atoms with Gasteiger partial charge in [-0.1, -0.05) is 66.7 Å². The van der Waals surface area contributed by atoms with Gasteiger partial charge in [0.05, 0.1) is 12.0 Å². The molecule has 1 fully saturated rings. The van der Waals surface area contributed by atoms with Gasteiger partial charge in [0, 0.05) is 26.3 Å². The summed E-state index contributed by atoms with van der Waals surface area (Å²) in [6.07, 6.45) is 1.66. The number of hydrogen-bond donors (Lipinski definition) is 1. The van der Waals surface area contributed by atoms with Crippen LogP contribution in [0.25, 0.3) is 11.1 Å². The average molecular weight is 415 g/mol. The largest absolute Gasteiger partial charge is 0.481 e. The number of hydrogen-bond acceptors (Lipinski definition) is 3. The van der Waals surface area contributed by atoms with E-state index in [4.69, 9.17) is 0 Å². The molecule has 160 valence electrons. The first-order chi connectivity index (χ1) is 15.0. The van der Waals surface area contributed by atoms with Crippen LogP contribution in [0.15, 0.2) is 78.9 Å². The molecule has 1 aliphatic heterocycles. The summed E-state index contributed by atoms with van der Waals surface area (Å²) in [5.41, 5.74) is 5.94. The van der Waals surface area contributed by atoms with E-state index in [0.717, 1.165) is 25.1 Å². The van der Waals surface area contributed by atoms with Crippen molar-refractivity contribution in [3.63, 3.8) is 0 Å². The Morgan fingerprint density at radius 1 is 0.903 bits per heavy atom. The zero-order valence-electron chi connectivity index (χ0n) is 18.2. The second-order valence-electron chi connectivity index (χ2n) is 8.55. The maximum absolute atomic E-state index is 11.7. The molecule has 4 nitrogen and oxygen atoms in total. The van der Waals surface area contributed by atoms with Crippen LogP contribution in [0.3, 0.4) is 0 Å². The Kier molecular flexibility index (Phi) is 6.38. The molecule has 4 heteroatoms. The van der Waals surface area contributed by atoms with Gasteiger partial charge in [-0.05, 0) is 53.8 Å². The van der Waals surface area contributed by atoms with E-state index in [1.807, 2.05) is 20.2 Å². The highest BCUT2D eigenvalue weighted by Crippen LogP contribution is 2.34. The first-order valence-corrected chi connectivity index (χ1v) is 10.9. The number of likely N-dealkylation sites (tertiary alicyclic amines) is 1. The summed E-state index contributed by atoms with van der Waals surface area (Å²) >= 11 is 0. The molecule has 4 rings (SSSR count). The number of carbonyl (C=O) groups is 1. The molecule has 0 spiro atoms. The molecule has 2 unspecified atom stereocenters. The van der Waals surface area contributed by atoms with Crippen molar-refractivity contribution in [3.8, 4) is 11.1 Å². The number of nitrogens with zero attached hydrogens (tertiary/aromatic N) is 2. The lowest BCUT2D eigenvalue weighted by atomic mass is 9.90. The zero-order valence-corrected chi connectivity index (χ0v) is 18.2. The molecule has 0 saturated carbocycles. The van der Waals surface area contributed by atoms with Gasteiger partial charge in [0.25, 0.3) is 0 Å². The highest BCUT2D eigenvalue weighted by atomic mass is 16.4. The fraction of sp³-hybridized carbons (Fsp3) is 0.296. The monoisotopic (exact) mass is 414 g/mol. The predicted molar refractivity (Wildman–Crippen MR) is 126 cm³/mol. The van der Waals surface area contributed by atoms with Crippen LogP contribution in [0.5, 0.6) is 0 Å². The van der Waals surface area contributed by atoms with Crippen molar-refractivity contribution in [1.29, 1.82) is 0 Å². The zero-order chi connectivity index (χ0) is 21.8. The number of rotatable bonds is 6. The van der Waals surface area contributed by atoms with E-state index in [2.05, 4.69) is 82.6 Å². The van der Waals surface area contributed by atoms with Crippen LogP contribution in [-0.2, 0) is 4.79 Å².